The molecule has 0 aliphatic heterocycles. The molecule has 0 bridgehead atoms. The van der Waals surface area contributed by atoms with Crippen LogP contribution in [-0.2, 0) is 0 Å². The van der Waals surface area contributed by atoms with Gasteiger partial charge in [-0.3, -0.25) is 0 Å². The largest absolute Gasteiger partial charge is 0.384 e. The summed E-state index contributed by atoms with van der Waals surface area (Å²) < 4.78 is 0. The van der Waals surface area contributed by atoms with Gasteiger partial charge in [0.1, 0.15) is 11.6 Å². The van der Waals surface area contributed by atoms with Gasteiger partial charge >= 0.3 is 0 Å². The van der Waals surface area contributed by atoms with Crippen molar-refractivity contribution in [3.8, 4) is 11.1 Å². The Morgan fingerprint density at radius 3 is 2.53 bits per heavy atom. The molecule has 0 fully saturated rings. The Kier molecular flexibility index (Phi) is 2.01. The molecule has 0 unspecified atom stereocenters. The Bertz CT molecular complexity index is 664. The number of H-pyrrole nitrogens is 1. The summed E-state index contributed by atoms with van der Waals surface area (Å²) in [5, 5.41) is 1.15. The Morgan fingerprint density at radius 1 is 1.00 bits per heavy atom. The number of pyridine rings is 1. The van der Waals surface area contributed by atoms with E-state index in [4.69, 9.17) is 11.5 Å². The molecule has 2 aromatic heterocycles. The van der Waals surface area contributed by atoms with Crippen molar-refractivity contribution in [2.45, 2.75) is 0 Å². The van der Waals surface area contributed by atoms with Gasteiger partial charge < -0.3 is 16.5 Å². The maximum atomic E-state index is 5.72. The van der Waals surface area contributed by atoms with Crippen molar-refractivity contribution in [3.63, 3.8) is 0 Å². The minimum atomic E-state index is 0.438. The second-order valence-corrected chi connectivity index (χ2v) is 3.95. The van der Waals surface area contributed by atoms with Gasteiger partial charge in [-0.05, 0) is 35.4 Å². The zero-order valence-corrected chi connectivity index (χ0v) is 9.14. The van der Waals surface area contributed by atoms with Gasteiger partial charge in [0.15, 0.2) is 0 Å². The Morgan fingerprint density at radius 2 is 1.76 bits per heavy atom. The molecule has 2 heterocycles. The van der Waals surface area contributed by atoms with Crippen molar-refractivity contribution in [3.05, 3.63) is 42.6 Å². The number of rotatable bonds is 1. The first-order valence-corrected chi connectivity index (χ1v) is 5.33. The molecule has 1 aromatic carbocycles. The van der Waals surface area contributed by atoms with Crippen molar-refractivity contribution in [2.75, 3.05) is 11.5 Å². The molecular formula is C13H12N4. The molecule has 0 saturated carbocycles. The summed E-state index contributed by atoms with van der Waals surface area (Å²) in [6, 6.07) is 11.8. The minimum Gasteiger partial charge on any atom is -0.384 e. The number of hydrogen-bond acceptors (Lipinski definition) is 3. The highest BCUT2D eigenvalue weighted by molar-refractivity contribution is 5.95. The number of anilines is 2. The first kappa shape index (κ1) is 9.72. The molecule has 4 nitrogen and oxygen atoms in total. The second kappa shape index (κ2) is 3.52. The van der Waals surface area contributed by atoms with E-state index in [2.05, 4.69) is 9.97 Å². The number of fused-ring (bicyclic) bond motifs is 1. The summed E-state index contributed by atoms with van der Waals surface area (Å²) in [4.78, 5) is 7.16. The fourth-order valence-electron chi connectivity index (χ4n) is 2.07. The summed E-state index contributed by atoms with van der Waals surface area (Å²) in [5.41, 5.74) is 14.6. The zero-order chi connectivity index (χ0) is 11.8. The molecule has 0 amide bonds. The Labute approximate surface area is 98.3 Å². The van der Waals surface area contributed by atoms with Crippen LogP contribution >= 0.6 is 0 Å². The fraction of sp³-hybridized carbons (Fsp3) is 0. The van der Waals surface area contributed by atoms with Crippen LogP contribution in [0.15, 0.2) is 42.6 Å². The van der Waals surface area contributed by atoms with Crippen LogP contribution in [0.1, 0.15) is 0 Å². The van der Waals surface area contributed by atoms with E-state index >= 15 is 0 Å². The Balaban J connectivity index is 2.30. The van der Waals surface area contributed by atoms with Gasteiger partial charge in [0.05, 0.1) is 0 Å². The third-order valence-electron chi connectivity index (χ3n) is 2.77. The molecule has 3 aromatic rings. The number of aromatic amines is 1. The fourth-order valence-corrected chi connectivity index (χ4v) is 2.07. The van der Waals surface area contributed by atoms with Crippen LogP contribution in [0.3, 0.4) is 0 Å². The van der Waals surface area contributed by atoms with Crippen molar-refractivity contribution in [2.24, 2.45) is 0 Å². The quantitative estimate of drug-likeness (QED) is 0.593. The van der Waals surface area contributed by atoms with E-state index in [0.717, 1.165) is 22.0 Å². The number of nitrogens with two attached hydrogens (primary N) is 2. The molecule has 5 N–H and O–H groups in total. The van der Waals surface area contributed by atoms with Crippen molar-refractivity contribution in [1.29, 1.82) is 0 Å². The SMILES string of the molecule is Nc1cc(-c2cccc3[nH]ccc23)cc(N)n1. The van der Waals surface area contributed by atoms with Crippen LogP contribution in [0.25, 0.3) is 22.0 Å². The number of nitrogen functional groups attached to an aromatic ring is 2. The summed E-state index contributed by atoms with van der Waals surface area (Å²) in [7, 11) is 0. The molecule has 17 heavy (non-hydrogen) atoms. The average molecular weight is 224 g/mol. The highest BCUT2D eigenvalue weighted by atomic mass is 14.9. The third-order valence-corrected chi connectivity index (χ3v) is 2.77. The molecule has 84 valence electrons. The van der Waals surface area contributed by atoms with Crippen LogP contribution in [0.2, 0.25) is 0 Å². The minimum absolute atomic E-state index is 0.438. The Hall–Kier alpha value is -2.49. The van der Waals surface area contributed by atoms with Crippen molar-refractivity contribution < 1.29 is 0 Å². The lowest BCUT2D eigenvalue weighted by Gasteiger charge is -2.05. The molecule has 3 rings (SSSR count). The summed E-state index contributed by atoms with van der Waals surface area (Å²) in [6.45, 7) is 0. The average Bonchev–Trinajstić information content (AvgIpc) is 2.75. The van der Waals surface area contributed by atoms with E-state index in [-0.39, 0.29) is 0 Å². The van der Waals surface area contributed by atoms with Gasteiger partial charge in [-0.25, -0.2) is 4.98 Å². The second-order valence-electron chi connectivity index (χ2n) is 3.95. The highest BCUT2D eigenvalue weighted by Crippen LogP contribution is 2.29. The summed E-state index contributed by atoms with van der Waals surface area (Å²) in [6.07, 6.45) is 1.92. The number of nitrogens with one attached hydrogen (secondary N) is 1. The molecule has 4 heteroatoms. The van der Waals surface area contributed by atoms with E-state index < -0.39 is 0 Å². The summed E-state index contributed by atoms with van der Waals surface area (Å²) in [5.74, 6) is 0.875. The molecule has 0 saturated heterocycles. The molecule has 0 aliphatic rings. The van der Waals surface area contributed by atoms with Crippen LogP contribution in [0.4, 0.5) is 11.6 Å². The smallest absolute Gasteiger partial charge is 0.126 e. The van der Waals surface area contributed by atoms with Gasteiger partial charge in [-0.15, -0.1) is 0 Å². The van der Waals surface area contributed by atoms with E-state index in [9.17, 15) is 0 Å². The highest BCUT2D eigenvalue weighted by Gasteiger charge is 2.06. The standard InChI is InChI=1S/C13H12N4/c14-12-6-8(7-13(15)17-12)9-2-1-3-11-10(9)4-5-16-11/h1-7,16H,(H4,14,15,17). The summed E-state index contributed by atoms with van der Waals surface area (Å²) >= 11 is 0. The van der Waals surface area contributed by atoms with Crippen LogP contribution in [0.5, 0.6) is 0 Å². The lowest BCUT2D eigenvalue weighted by Crippen LogP contribution is -1.96. The number of nitrogens with zero attached hydrogens (tertiary/aromatic N) is 1. The predicted octanol–water partition coefficient (Wildman–Crippen LogP) is 2.39. The van der Waals surface area contributed by atoms with Gasteiger partial charge in [-0.2, -0.15) is 0 Å². The van der Waals surface area contributed by atoms with Crippen LogP contribution in [-0.4, -0.2) is 9.97 Å². The molecule has 0 aliphatic carbocycles. The van der Waals surface area contributed by atoms with Gasteiger partial charge in [0.2, 0.25) is 0 Å². The van der Waals surface area contributed by atoms with Gasteiger partial charge in [0.25, 0.3) is 0 Å². The number of benzene rings is 1. The van der Waals surface area contributed by atoms with Gasteiger partial charge in [0, 0.05) is 17.1 Å². The van der Waals surface area contributed by atoms with E-state index in [1.807, 2.05) is 42.6 Å². The normalized spacial score (nSPS) is 10.8. The van der Waals surface area contributed by atoms with Gasteiger partial charge in [-0.1, -0.05) is 12.1 Å². The van der Waals surface area contributed by atoms with Crippen LogP contribution < -0.4 is 11.5 Å². The van der Waals surface area contributed by atoms with Crippen LogP contribution in [0, 0.1) is 0 Å². The lowest BCUT2D eigenvalue weighted by atomic mass is 10.0. The molecule has 0 radical (unpaired) electrons. The monoisotopic (exact) mass is 224 g/mol. The lowest BCUT2D eigenvalue weighted by molar-refractivity contribution is 1.34. The number of hydrogen-bond donors (Lipinski definition) is 3. The molecular weight excluding hydrogens is 212 g/mol. The van der Waals surface area contributed by atoms with E-state index in [1.165, 1.54) is 0 Å². The van der Waals surface area contributed by atoms with E-state index in [1.54, 1.807) is 0 Å². The third kappa shape index (κ3) is 1.59. The van der Waals surface area contributed by atoms with Crippen molar-refractivity contribution >= 4 is 22.5 Å². The predicted molar refractivity (Wildman–Crippen MR) is 70.4 cm³/mol. The van der Waals surface area contributed by atoms with Crippen molar-refractivity contribution in [1.82, 2.24) is 9.97 Å². The topological polar surface area (TPSA) is 80.7 Å². The first-order chi connectivity index (χ1) is 8.24. The molecule has 0 spiro atoms. The zero-order valence-electron chi connectivity index (χ0n) is 9.14. The van der Waals surface area contributed by atoms with E-state index in [0.29, 0.717) is 11.6 Å². The first-order valence-electron chi connectivity index (χ1n) is 5.33. The number of aromatic nitrogens is 2. The maximum Gasteiger partial charge on any atom is 0.126 e. The molecule has 0 atom stereocenters. The maximum absolute atomic E-state index is 5.72.